The molecule has 0 aliphatic carbocycles. The van der Waals surface area contributed by atoms with Crippen molar-refractivity contribution in [3.63, 3.8) is 0 Å². The number of aryl methyl sites for hydroxylation is 1. The molecule has 0 saturated carbocycles. The smallest absolute Gasteiger partial charge is 0.129 e. The highest BCUT2D eigenvalue weighted by molar-refractivity contribution is 6.29. The molecule has 3 rings (SSSR count). The number of aromatic nitrogens is 1. The molecule has 1 aliphatic rings. The van der Waals surface area contributed by atoms with E-state index < -0.39 is 0 Å². The number of rotatable bonds is 2. The van der Waals surface area contributed by atoms with Gasteiger partial charge >= 0.3 is 0 Å². The Labute approximate surface area is 123 Å². The second-order valence-electron chi connectivity index (χ2n) is 5.59. The Hall–Kier alpha value is -1.74. The van der Waals surface area contributed by atoms with Gasteiger partial charge in [-0.15, -0.1) is 0 Å². The minimum atomic E-state index is -0.310. The first-order valence-electron chi connectivity index (χ1n) is 6.65. The van der Waals surface area contributed by atoms with Gasteiger partial charge in [0.2, 0.25) is 0 Å². The maximum atomic E-state index is 6.03. The zero-order chi connectivity index (χ0) is 14.3. The summed E-state index contributed by atoms with van der Waals surface area (Å²) < 4.78 is 6.03. The summed E-state index contributed by atoms with van der Waals surface area (Å²) in [6.45, 7) is 6.12. The number of pyridine rings is 1. The highest BCUT2D eigenvalue weighted by Crippen LogP contribution is 2.44. The van der Waals surface area contributed by atoms with Crippen LogP contribution in [0.2, 0.25) is 5.15 Å². The van der Waals surface area contributed by atoms with Crippen LogP contribution in [0.25, 0.3) is 0 Å². The molecule has 0 bridgehead atoms. The number of para-hydroxylation sites is 1. The van der Waals surface area contributed by atoms with Crippen LogP contribution in [0.4, 0.5) is 5.69 Å². The summed E-state index contributed by atoms with van der Waals surface area (Å²) in [6.07, 6.45) is 0. The van der Waals surface area contributed by atoms with E-state index in [-0.39, 0.29) is 11.6 Å². The number of nitrogens with zero attached hydrogens (tertiary/aromatic N) is 1. The molecule has 0 saturated heterocycles. The van der Waals surface area contributed by atoms with Crippen molar-refractivity contribution >= 4 is 17.3 Å². The molecule has 4 heteroatoms. The third kappa shape index (κ3) is 2.22. The maximum Gasteiger partial charge on any atom is 0.129 e. The van der Waals surface area contributed by atoms with E-state index in [1.807, 2.05) is 31.2 Å². The molecule has 1 aromatic heterocycles. The second-order valence-corrected chi connectivity index (χ2v) is 5.97. The van der Waals surface area contributed by atoms with Gasteiger partial charge in [0.15, 0.2) is 0 Å². The average Bonchev–Trinajstić information content (AvgIpc) is 2.63. The molecule has 1 atom stereocenters. The van der Waals surface area contributed by atoms with Crippen LogP contribution in [0, 0.1) is 6.92 Å². The van der Waals surface area contributed by atoms with E-state index in [1.54, 1.807) is 6.07 Å². The molecule has 0 spiro atoms. The lowest BCUT2D eigenvalue weighted by Crippen LogP contribution is -2.35. The molecule has 1 N–H and O–H groups in total. The van der Waals surface area contributed by atoms with Crippen LogP contribution in [0.1, 0.15) is 31.1 Å². The standard InChI is InChI=1S/C16H17ClN2O/c1-10-12(8-9-14(17)18-10)19-15-11-6-4-5-7-13(11)20-16(15,2)3/h4-9,15,19H,1-3H3. The minimum absolute atomic E-state index is 0.0837. The molecule has 0 amide bonds. The lowest BCUT2D eigenvalue weighted by atomic mass is 9.94. The van der Waals surface area contributed by atoms with Crippen LogP contribution >= 0.6 is 11.6 Å². The van der Waals surface area contributed by atoms with Gasteiger partial charge in [-0.2, -0.15) is 0 Å². The molecular formula is C16H17ClN2O. The first-order valence-corrected chi connectivity index (χ1v) is 7.03. The number of benzene rings is 1. The largest absolute Gasteiger partial charge is 0.485 e. The van der Waals surface area contributed by atoms with E-state index in [4.69, 9.17) is 16.3 Å². The average molecular weight is 289 g/mol. The lowest BCUT2D eigenvalue weighted by molar-refractivity contribution is 0.118. The zero-order valence-corrected chi connectivity index (χ0v) is 12.5. The van der Waals surface area contributed by atoms with Crippen LogP contribution in [-0.2, 0) is 0 Å². The molecule has 104 valence electrons. The van der Waals surface area contributed by atoms with E-state index in [9.17, 15) is 0 Å². The van der Waals surface area contributed by atoms with Crippen molar-refractivity contribution in [1.82, 2.24) is 4.98 Å². The molecule has 0 fully saturated rings. The number of halogens is 1. The Bertz CT molecular complexity index is 655. The SMILES string of the molecule is Cc1nc(Cl)ccc1NC1c2ccccc2OC1(C)C. The predicted molar refractivity (Wildman–Crippen MR) is 81.5 cm³/mol. The summed E-state index contributed by atoms with van der Waals surface area (Å²) in [6, 6.07) is 12.0. The van der Waals surface area contributed by atoms with E-state index in [0.717, 1.165) is 17.1 Å². The van der Waals surface area contributed by atoms with Gasteiger partial charge in [0, 0.05) is 5.56 Å². The van der Waals surface area contributed by atoms with Gasteiger partial charge in [-0.3, -0.25) is 0 Å². The van der Waals surface area contributed by atoms with Crippen molar-refractivity contribution in [1.29, 1.82) is 0 Å². The second kappa shape index (κ2) is 4.67. The molecule has 20 heavy (non-hydrogen) atoms. The fourth-order valence-corrected chi connectivity index (χ4v) is 2.81. The topological polar surface area (TPSA) is 34.2 Å². The molecule has 2 aromatic rings. The molecule has 1 unspecified atom stereocenters. The minimum Gasteiger partial charge on any atom is -0.485 e. The number of hydrogen-bond acceptors (Lipinski definition) is 3. The van der Waals surface area contributed by atoms with E-state index in [2.05, 4.69) is 30.2 Å². The van der Waals surface area contributed by atoms with Crippen LogP contribution in [0.3, 0.4) is 0 Å². The first-order chi connectivity index (χ1) is 9.47. The van der Waals surface area contributed by atoms with Crippen molar-refractivity contribution in [2.24, 2.45) is 0 Å². The van der Waals surface area contributed by atoms with Crippen molar-refractivity contribution < 1.29 is 4.74 Å². The lowest BCUT2D eigenvalue weighted by Gasteiger charge is -2.28. The Morgan fingerprint density at radius 1 is 1.20 bits per heavy atom. The Kier molecular flexibility index (Phi) is 3.09. The highest BCUT2D eigenvalue weighted by Gasteiger charge is 2.41. The van der Waals surface area contributed by atoms with Gasteiger partial charge in [0.25, 0.3) is 0 Å². The summed E-state index contributed by atoms with van der Waals surface area (Å²) in [5.41, 5.74) is 2.73. The molecule has 2 heterocycles. The molecular weight excluding hydrogens is 272 g/mol. The number of ether oxygens (including phenoxy) is 1. The van der Waals surface area contributed by atoms with E-state index in [0.29, 0.717) is 5.15 Å². The van der Waals surface area contributed by atoms with Gasteiger partial charge in [-0.05, 0) is 39.0 Å². The van der Waals surface area contributed by atoms with Crippen molar-refractivity contribution in [2.75, 3.05) is 5.32 Å². The van der Waals surface area contributed by atoms with E-state index in [1.165, 1.54) is 5.56 Å². The van der Waals surface area contributed by atoms with Gasteiger partial charge in [0.1, 0.15) is 16.5 Å². The number of nitrogens with one attached hydrogen (secondary N) is 1. The van der Waals surface area contributed by atoms with E-state index >= 15 is 0 Å². The van der Waals surface area contributed by atoms with Gasteiger partial charge in [-0.1, -0.05) is 29.8 Å². The fraction of sp³-hybridized carbons (Fsp3) is 0.312. The highest BCUT2D eigenvalue weighted by atomic mass is 35.5. The molecule has 3 nitrogen and oxygen atoms in total. The zero-order valence-electron chi connectivity index (χ0n) is 11.8. The van der Waals surface area contributed by atoms with Crippen molar-refractivity contribution in [3.05, 3.63) is 52.8 Å². The summed E-state index contributed by atoms with van der Waals surface area (Å²) in [5.74, 6) is 0.939. The third-order valence-electron chi connectivity index (χ3n) is 3.65. The molecule has 1 aromatic carbocycles. The number of hydrogen-bond donors (Lipinski definition) is 1. The number of fused-ring (bicyclic) bond motifs is 1. The normalized spacial score (nSPS) is 19.3. The van der Waals surface area contributed by atoms with Crippen LogP contribution in [0.5, 0.6) is 5.75 Å². The summed E-state index contributed by atoms with van der Waals surface area (Å²) >= 11 is 5.91. The Balaban J connectivity index is 1.97. The predicted octanol–water partition coefficient (Wildman–Crippen LogP) is 4.37. The Morgan fingerprint density at radius 2 is 1.95 bits per heavy atom. The third-order valence-corrected chi connectivity index (χ3v) is 3.86. The van der Waals surface area contributed by atoms with Crippen LogP contribution < -0.4 is 10.1 Å². The fourth-order valence-electron chi connectivity index (χ4n) is 2.62. The van der Waals surface area contributed by atoms with Gasteiger partial charge in [0.05, 0.1) is 17.4 Å². The molecule has 1 aliphatic heterocycles. The summed E-state index contributed by atoms with van der Waals surface area (Å²) in [4.78, 5) is 4.28. The maximum absolute atomic E-state index is 6.03. The Morgan fingerprint density at radius 3 is 2.70 bits per heavy atom. The van der Waals surface area contributed by atoms with Crippen LogP contribution in [0.15, 0.2) is 36.4 Å². The van der Waals surface area contributed by atoms with Crippen molar-refractivity contribution in [2.45, 2.75) is 32.4 Å². The summed E-state index contributed by atoms with van der Waals surface area (Å²) in [5, 5.41) is 4.05. The number of anilines is 1. The monoisotopic (exact) mass is 288 g/mol. The quantitative estimate of drug-likeness (QED) is 0.833. The van der Waals surface area contributed by atoms with Gasteiger partial charge < -0.3 is 10.1 Å². The molecule has 0 radical (unpaired) electrons. The van der Waals surface area contributed by atoms with Crippen molar-refractivity contribution in [3.8, 4) is 5.75 Å². The first kappa shape index (κ1) is 13.3. The van der Waals surface area contributed by atoms with Gasteiger partial charge in [-0.25, -0.2) is 4.98 Å². The summed E-state index contributed by atoms with van der Waals surface area (Å²) in [7, 11) is 0. The van der Waals surface area contributed by atoms with Crippen LogP contribution in [-0.4, -0.2) is 10.6 Å².